The molecule has 0 nitrogen and oxygen atoms in total. The smallest absolute Gasteiger partial charge is 0.0253 e. The van der Waals surface area contributed by atoms with Crippen molar-refractivity contribution in [3.63, 3.8) is 0 Å². The van der Waals surface area contributed by atoms with Gasteiger partial charge in [0.2, 0.25) is 0 Å². The first-order chi connectivity index (χ1) is 6.77. The Morgan fingerprint density at radius 2 is 1.71 bits per heavy atom. The van der Waals surface area contributed by atoms with Crippen LogP contribution >= 0.6 is 38.5 Å². The lowest BCUT2D eigenvalue weighted by Gasteiger charge is -2.04. The van der Waals surface area contributed by atoms with E-state index in [0.717, 1.165) is 4.47 Å². The Balaban J connectivity index is 2.55. The lowest BCUT2D eigenvalue weighted by atomic mass is 10.1. The van der Waals surface area contributed by atoms with Gasteiger partial charge in [0.25, 0.3) is 0 Å². The molecule has 0 aliphatic carbocycles. The lowest BCUT2D eigenvalue weighted by Crippen LogP contribution is -1.80. The van der Waals surface area contributed by atoms with Crippen LogP contribution in [0.15, 0.2) is 53.0 Å². The maximum atomic E-state index is 3.56. The van der Waals surface area contributed by atoms with Gasteiger partial charge in [-0.15, -0.1) is 0 Å². The molecule has 0 N–H and O–H groups in total. The third-order valence-corrected chi connectivity index (χ3v) is 3.37. The summed E-state index contributed by atoms with van der Waals surface area (Å²) in [6.45, 7) is 0. The van der Waals surface area contributed by atoms with Crippen molar-refractivity contribution in [3.8, 4) is 11.1 Å². The summed E-state index contributed by atoms with van der Waals surface area (Å²) in [7, 11) is 0. The molecule has 0 bridgehead atoms. The lowest BCUT2D eigenvalue weighted by molar-refractivity contribution is 1.56. The van der Waals surface area contributed by atoms with Crippen LogP contribution in [0.5, 0.6) is 0 Å². The maximum absolute atomic E-state index is 3.56. The minimum Gasteiger partial charge on any atom is -0.0616 e. The van der Waals surface area contributed by atoms with Gasteiger partial charge in [-0.1, -0.05) is 46.3 Å². The molecule has 0 aromatic heterocycles. The van der Waals surface area contributed by atoms with Gasteiger partial charge in [0.15, 0.2) is 0 Å². The monoisotopic (exact) mass is 358 g/mol. The fraction of sp³-hybridized carbons (Fsp3) is 0. The highest BCUT2D eigenvalue weighted by molar-refractivity contribution is 14.1. The second-order valence-corrected chi connectivity index (χ2v) is 5.09. The molecule has 0 fully saturated rings. The largest absolute Gasteiger partial charge is 0.0616 e. The Kier molecular flexibility index (Phi) is 3.23. The molecule has 70 valence electrons. The Morgan fingerprint density at radius 1 is 0.929 bits per heavy atom. The second kappa shape index (κ2) is 4.45. The van der Waals surface area contributed by atoms with Crippen molar-refractivity contribution < 1.29 is 0 Å². The average Bonchev–Trinajstić information content (AvgIpc) is 2.18. The third kappa shape index (κ3) is 2.17. The van der Waals surface area contributed by atoms with Gasteiger partial charge in [-0.05, 0) is 51.9 Å². The van der Waals surface area contributed by atoms with Crippen molar-refractivity contribution in [1.29, 1.82) is 0 Å². The summed E-state index contributed by atoms with van der Waals surface area (Å²) < 4.78 is 2.40. The summed E-state index contributed by atoms with van der Waals surface area (Å²) >= 11 is 5.88. The van der Waals surface area contributed by atoms with Gasteiger partial charge < -0.3 is 0 Å². The highest BCUT2D eigenvalue weighted by atomic mass is 127. The van der Waals surface area contributed by atoms with Crippen molar-refractivity contribution in [2.45, 2.75) is 0 Å². The van der Waals surface area contributed by atoms with E-state index < -0.39 is 0 Å². The topological polar surface area (TPSA) is 0 Å². The summed E-state index contributed by atoms with van der Waals surface area (Å²) in [6, 6.07) is 16.8. The van der Waals surface area contributed by atoms with Gasteiger partial charge in [0, 0.05) is 8.04 Å². The highest BCUT2D eigenvalue weighted by Gasteiger charge is 2.01. The predicted molar refractivity (Wildman–Crippen MR) is 72.3 cm³/mol. The van der Waals surface area contributed by atoms with E-state index >= 15 is 0 Å². The van der Waals surface area contributed by atoms with E-state index in [1.54, 1.807) is 0 Å². The standard InChI is InChI=1S/C12H8BrI/c13-12-7-2-1-6-11(12)9-4-3-5-10(14)8-9/h1-8H. The first-order valence-corrected chi connectivity index (χ1v) is 6.15. The SMILES string of the molecule is Brc1ccccc1-c1cccc(I)c1. The van der Waals surface area contributed by atoms with Crippen LogP contribution < -0.4 is 0 Å². The molecule has 0 radical (unpaired) electrons. The predicted octanol–water partition coefficient (Wildman–Crippen LogP) is 4.72. The minimum atomic E-state index is 1.14. The van der Waals surface area contributed by atoms with Gasteiger partial charge in [-0.3, -0.25) is 0 Å². The van der Waals surface area contributed by atoms with Gasteiger partial charge >= 0.3 is 0 Å². The first-order valence-electron chi connectivity index (χ1n) is 4.28. The molecule has 0 amide bonds. The minimum absolute atomic E-state index is 1.14. The van der Waals surface area contributed by atoms with E-state index in [2.05, 4.69) is 81.0 Å². The zero-order chi connectivity index (χ0) is 9.97. The van der Waals surface area contributed by atoms with E-state index in [1.807, 2.05) is 6.07 Å². The average molecular weight is 359 g/mol. The van der Waals surface area contributed by atoms with Gasteiger partial charge in [-0.2, -0.15) is 0 Å². The molecule has 0 unspecified atom stereocenters. The van der Waals surface area contributed by atoms with Crippen LogP contribution in [0.2, 0.25) is 0 Å². The molecule has 14 heavy (non-hydrogen) atoms. The number of hydrogen-bond acceptors (Lipinski definition) is 0. The van der Waals surface area contributed by atoms with Crippen LogP contribution in [-0.4, -0.2) is 0 Å². The number of rotatable bonds is 1. The summed E-state index contributed by atoms with van der Waals surface area (Å²) in [5.74, 6) is 0. The van der Waals surface area contributed by atoms with Gasteiger partial charge in [-0.25, -0.2) is 0 Å². The molecule has 2 rings (SSSR count). The van der Waals surface area contributed by atoms with Crippen LogP contribution in [0, 0.1) is 3.57 Å². The zero-order valence-electron chi connectivity index (χ0n) is 7.37. The Morgan fingerprint density at radius 3 is 2.43 bits per heavy atom. The van der Waals surface area contributed by atoms with Crippen molar-refractivity contribution in [1.82, 2.24) is 0 Å². The number of benzene rings is 2. The van der Waals surface area contributed by atoms with Crippen LogP contribution in [0.4, 0.5) is 0 Å². The van der Waals surface area contributed by atoms with Crippen LogP contribution in [0.1, 0.15) is 0 Å². The number of halogens is 2. The molecule has 0 saturated carbocycles. The molecular formula is C12H8BrI. The summed E-state index contributed by atoms with van der Waals surface area (Å²) in [5.41, 5.74) is 2.50. The molecule has 2 aromatic carbocycles. The van der Waals surface area contributed by atoms with Crippen LogP contribution in [0.25, 0.3) is 11.1 Å². The molecule has 0 aliphatic rings. The van der Waals surface area contributed by atoms with E-state index in [-0.39, 0.29) is 0 Å². The van der Waals surface area contributed by atoms with Gasteiger partial charge in [0.05, 0.1) is 0 Å². The normalized spacial score (nSPS) is 10.1. The molecule has 0 spiro atoms. The van der Waals surface area contributed by atoms with E-state index in [9.17, 15) is 0 Å². The molecule has 0 aliphatic heterocycles. The molecule has 0 heterocycles. The molecule has 0 atom stereocenters. The van der Waals surface area contributed by atoms with Crippen LogP contribution in [-0.2, 0) is 0 Å². The Bertz CT molecular complexity index is 452. The molecule has 2 aromatic rings. The highest BCUT2D eigenvalue weighted by Crippen LogP contribution is 2.28. The first kappa shape index (κ1) is 10.2. The Hall–Kier alpha value is -0.350. The van der Waals surface area contributed by atoms with E-state index in [0.29, 0.717) is 0 Å². The fourth-order valence-electron chi connectivity index (χ4n) is 1.35. The van der Waals surface area contributed by atoms with Gasteiger partial charge in [0.1, 0.15) is 0 Å². The molecule has 2 heteroatoms. The quantitative estimate of drug-likeness (QED) is 0.647. The van der Waals surface area contributed by atoms with Crippen LogP contribution in [0.3, 0.4) is 0 Å². The fourth-order valence-corrected chi connectivity index (χ4v) is 2.41. The summed E-state index contributed by atoms with van der Waals surface area (Å²) in [5, 5.41) is 0. The second-order valence-electron chi connectivity index (χ2n) is 2.99. The van der Waals surface area contributed by atoms with Crippen molar-refractivity contribution in [2.24, 2.45) is 0 Å². The summed E-state index contributed by atoms with van der Waals surface area (Å²) in [6.07, 6.45) is 0. The number of hydrogen-bond donors (Lipinski definition) is 0. The van der Waals surface area contributed by atoms with Crippen molar-refractivity contribution in [2.75, 3.05) is 0 Å². The summed E-state index contributed by atoms with van der Waals surface area (Å²) in [4.78, 5) is 0. The van der Waals surface area contributed by atoms with E-state index in [1.165, 1.54) is 14.7 Å². The molecular weight excluding hydrogens is 351 g/mol. The maximum Gasteiger partial charge on any atom is 0.0253 e. The van der Waals surface area contributed by atoms with Crippen molar-refractivity contribution in [3.05, 3.63) is 56.6 Å². The Labute approximate surface area is 106 Å². The van der Waals surface area contributed by atoms with Crippen molar-refractivity contribution >= 4 is 38.5 Å². The zero-order valence-corrected chi connectivity index (χ0v) is 11.1. The van der Waals surface area contributed by atoms with E-state index in [4.69, 9.17) is 0 Å². The molecule has 0 saturated heterocycles. The third-order valence-electron chi connectivity index (χ3n) is 2.01.